The number of aromatic carboxylic acids is 1. The molecule has 0 aliphatic rings. The maximum absolute atomic E-state index is 12.2. The van der Waals surface area contributed by atoms with Gasteiger partial charge in [-0.25, -0.2) is 17.9 Å². The summed E-state index contributed by atoms with van der Waals surface area (Å²) in [6, 6.07) is 3.39. The Bertz CT molecular complexity index is 748. The van der Waals surface area contributed by atoms with Gasteiger partial charge >= 0.3 is 5.97 Å². The smallest absolute Gasteiger partial charge is 0.347 e. The molecule has 0 fully saturated rings. The van der Waals surface area contributed by atoms with Crippen LogP contribution in [-0.2, 0) is 16.6 Å². The number of halogens is 1. The molecular weight excluding hydrogens is 342 g/mol. The molecule has 0 aliphatic heterocycles. The van der Waals surface area contributed by atoms with Gasteiger partial charge in [-0.2, -0.15) is 0 Å². The Morgan fingerprint density at radius 1 is 1.45 bits per heavy atom. The maximum atomic E-state index is 12.2. The van der Waals surface area contributed by atoms with Crippen LogP contribution in [0.15, 0.2) is 22.4 Å². The van der Waals surface area contributed by atoms with Crippen molar-refractivity contribution in [2.24, 2.45) is 0 Å². The first kappa shape index (κ1) is 15.5. The van der Waals surface area contributed by atoms with Gasteiger partial charge in [-0.15, -0.1) is 22.7 Å². The van der Waals surface area contributed by atoms with E-state index in [1.165, 1.54) is 16.7 Å². The molecule has 0 radical (unpaired) electrons. The van der Waals surface area contributed by atoms with Gasteiger partial charge in [0.05, 0.1) is 4.34 Å². The zero-order valence-electron chi connectivity index (χ0n) is 10.2. The molecule has 2 heterocycles. The highest BCUT2D eigenvalue weighted by Crippen LogP contribution is 2.27. The minimum absolute atomic E-state index is 0.0774. The van der Waals surface area contributed by atoms with Gasteiger partial charge in [-0.3, -0.25) is 0 Å². The van der Waals surface area contributed by atoms with Gasteiger partial charge in [-0.05, 0) is 30.0 Å². The van der Waals surface area contributed by atoms with Crippen molar-refractivity contribution in [2.45, 2.75) is 18.4 Å². The first-order valence-corrected chi connectivity index (χ1v) is 8.92. The number of rotatable bonds is 5. The van der Waals surface area contributed by atoms with E-state index in [-0.39, 0.29) is 16.3 Å². The number of carboxylic acid groups (broad SMARTS) is 1. The summed E-state index contributed by atoms with van der Waals surface area (Å²) in [5, 5.41) is 10.5. The Hall–Kier alpha value is -0.930. The molecule has 0 unspecified atom stereocenters. The lowest BCUT2D eigenvalue weighted by atomic mass is 10.3. The summed E-state index contributed by atoms with van der Waals surface area (Å²) >= 11 is 7.93. The zero-order valence-corrected chi connectivity index (χ0v) is 13.4. The van der Waals surface area contributed by atoms with Gasteiger partial charge in [0.25, 0.3) is 0 Å². The molecule has 2 aromatic heterocycles. The van der Waals surface area contributed by atoms with Crippen LogP contribution in [0.2, 0.25) is 4.34 Å². The summed E-state index contributed by atoms with van der Waals surface area (Å²) in [7, 11) is -3.87. The highest BCUT2D eigenvalue weighted by molar-refractivity contribution is 7.89. The van der Waals surface area contributed by atoms with E-state index in [0.29, 0.717) is 9.90 Å². The van der Waals surface area contributed by atoms with Crippen LogP contribution >= 0.6 is 34.3 Å². The molecule has 5 nitrogen and oxygen atoms in total. The van der Waals surface area contributed by atoms with Crippen molar-refractivity contribution in [2.75, 3.05) is 0 Å². The van der Waals surface area contributed by atoms with Gasteiger partial charge < -0.3 is 5.11 Å². The fourth-order valence-electron chi connectivity index (χ4n) is 1.60. The summed E-state index contributed by atoms with van der Waals surface area (Å²) in [4.78, 5) is 11.5. The Balaban J connectivity index is 2.27. The van der Waals surface area contributed by atoms with Crippen molar-refractivity contribution in [3.05, 3.63) is 37.2 Å². The summed E-state index contributed by atoms with van der Waals surface area (Å²) in [6.07, 6.45) is 0. The van der Waals surface area contributed by atoms with Crippen LogP contribution in [0.1, 0.15) is 20.1 Å². The van der Waals surface area contributed by atoms with Crippen LogP contribution in [0.4, 0.5) is 0 Å². The average molecular weight is 352 g/mol. The SMILES string of the molecule is Cc1csc(C(=O)O)c1S(=O)(=O)NCc1ccc(Cl)s1. The summed E-state index contributed by atoms with van der Waals surface area (Å²) in [6.45, 7) is 1.65. The molecule has 20 heavy (non-hydrogen) atoms. The fraction of sp³-hybridized carbons (Fsp3) is 0.182. The quantitative estimate of drug-likeness (QED) is 0.867. The largest absolute Gasteiger partial charge is 0.477 e. The Morgan fingerprint density at radius 3 is 2.70 bits per heavy atom. The van der Waals surface area contributed by atoms with Gasteiger partial charge in [0.2, 0.25) is 10.0 Å². The summed E-state index contributed by atoms with van der Waals surface area (Å²) in [5.41, 5.74) is 0.420. The van der Waals surface area contributed by atoms with Gasteiger partial charge in [0.15, 0.2) is 0 Å². The minimum Gasteiger partial charge on any atom is -0.477 e. The van der Waals surface area contributed by atoms with E-state index in [9.17, 15) is 13.2 Å². The van der Waals surface area contributed by atoms with Crippen molar-refractivity contribution in [1.82, 2.24) is 4.72 Å². The summed E-state index contributed by atoms with van der Waals surface area (Å²) < 4.78 is 27.4. The normalized spacial score (nSPS) is 11.7. The molecule has 0 atom stereocenters. The molecule has 0 saturated carbocycles. The fourth-order valence-corrected chi connectivity index (χ4v) is 5.35. The van der Waals surface area contributed by atoms with Crippen molar-refractivity contribution < 1.29 is 18.3 Å². The van der Waals surface area contributed by atoms with E-state index in [0.717, 1.165) is 16.2 Å². The molecule has 0 amide bonds. The third-order valence-corrected chi connectivity index (χ3v) is 6.48. The molecular formula is C11H10ClNO4S3. The molecule has 108 valence electrons. The predicted octanol–water partition coefficient (Wildman–Crippen LogP) is 2.95. The number of carboxylic acids is 1. The molecule has 0 aromatic carbocycles. The van der Waals surface area contributed by atoms with Gasteiger partial charge in [0, 0.05) is 11.4 Å². The van der Waals surface area contributed by atoms with E-state index >= 15 is 0 Å². The highest BCUT2D eigenvalue weighted by atomic mass is 35.5. The molecule has 0 spiro atoms. The van der Waals surface area contributed by atoms with Crippen molar-refractivity contribution in [3.63, 3.8) is 0 Å². The van der Waals surface area contributed by atoms with Crippen LogP contribution < -0.4 is 4.72 Å². The second kappa shape index (κ2) is 5.82. The molecule has 0 aliphatic carbocycles. The van der Waals surface area contributed by atoms with E-state index in [4.69, 9.17) is 16.7 Å². The lowest BCUT2D eigenvalue weighted by molar-refractivity contribution is 0.0698. The first-order valence-electron chi connectivity index (χ1n) is 5.36. The van der Waals surface area contributed by atoms with E-state index in [2.05, 4.69) is 4.72 Å². The second-order valence-corrected chi connectivity index (χ2v) is 8.30. The first-order chi connectivity index (χ1) is 9.31. The molecule has 2 rings (SSSR count). The zero-order chi connectivity index (χ0) is 14.9. The number of nitrogens with one attached hydrogen (secondary N) is 1. The van der Waals surface area contributed by atoms with Crippen LogP contribution in [0.25, 0.3) is 0 Å². The molecule has 2 aromatic rings. The van der Waals surface area contributed by atoms with Gasteiger partial charge in [0.1, 0.15) is 9.77 Å². The predicted molar refractivity (Wildman–Crippen MR) is 79.4 cm³/mol. The molecule has 0 bridgehead atoms. The second-order valence-electron chi connectivity index (χ2n) is 3.91. The van der Waals surface area contributed by atoms with Crippen LogP contribution in [0, 0.1) is 6.92 Å². The number of carbonyl (C=O) groups is 1. The van der Waals surface area contributed by atoms with Crippen LogP contribution in [-0.4, -0.2) is 19.5 Å². The lowest BCUT2D eigenvalue weighted by Crippen LogP contribution is -2.24. The number of hydrogen-bond acceptors (Lipinski definition) is 5. The van der Waals surface area contributed by atoms with E-state index in [1.807, 2.05) is 0 Å². The van der Waals surface area contributed by atoms with Crippen molar-refractivity contribution >= 4 is 50.3 Å². The summed E-state index contributed by atoms with van der Waals surface area (Å²) in [5.74, 6) is -1.25. The topological polar surface area (TPSA) is 83.5 Å². The molecule has 9 heteroatoms. The molecule has 2 N–H and O–H groups in total. The van der Waals surface area contributed by atoms with E-state index < -0.39 is 16.0 Å². The standard InChI is InChI=1S/C11H10ClNO4S3/c1-6-5-18-9(11(14)15)10(6)20(16,17)13-4-7-2-3-8(12)19-7/h2-3,5,13H,4H2,1H3,(H,14,15). The number of thiophene rings is 2. The number of hydrogen-bond donors (Lipinski definition) is 2. The van der Waals surface area contributed by atoms with E-state index in [1.54, 1.807) is 19.1 Å². The van der Waals surface area contributed by atoms with Crippen LogP contribution in [0.5, 0.6) is 0 Å². The van der Waals surface area contributed by atoms with Gasteiger partial charge in [-0.1, -0.05) is 11.6 Å². The highest BCUT2D eigenvalue weighted by Gasteiger charge is 2.26. The number of aryl methyl sites for hydroxylation is 1. The van der Waals surface area contributed by atoms with Crippen molar-refractivity contribution in [3.8, 4) is 0 Å². The Labute approximate surface area is 128 Å². The monoisotopic (exact) mass is 351 g/mol. The third-order valence-electron chi connectivity index (χ3n) is 2.45. The number of sulfonamides is 1. The third kappa shape index (κ3) is 3.21. The Kier molecular flexibility index (Phi) is 4.50. The maximum Gasteiger partial charge on any atom is 0.347 e. The minimum atomic E-state index is -3.87. The average Bonchev–Trinajstić information content (AvgIpc) is 2.93. The Morgan fingerprint density at radius 2 is 2.15 bits per heavy atom. The molecule has 0 saturated heterocycles. The van der Waals surface area contributed by atoms with Crippen LogP contribution in [0.3, 0.4) is 0 Å². The lowest BCUT2D eigenvalue weighted by Gasteiger charge is -2.06. The van der Waals surface area contributed by atoms with Crippen molar-refractivity contribution in [1.29, 1.82) is 0 Å².